The van der Waals surface area contributed by atoms with Gasteiger partial charge in [0.2, 0.25) is 11.8 Å². The van der Waals surface area contributed by atoms with E-state index in [-0.39, 0.29) is 17.2 Å². The molecule has 1 saturated carbocycles. The van der Waals surface area contributed by atoms with Crippen molar-refractivity contribution >= 4 is 28.6 Å². The number of hydrogen-bond acceptors (Lipinski definition) is 6. The van der Waals surface area contributed by atoms with Crippen LogP contribution in [0, 0.1) is 0 Å². The molecule has 0 amide bonds. The average Bonchev–Trinajstić information content (AvgIpc) is 3.51. The van der Waals surface area contributed by atoms with Gasteiger partial charge < -0.3 is 14.3 Å². The molecule has 1 saturated heterocycles. The largest absolute Gasteiger partial charge is 0.478 e. The van der Waals surface area contributed by atoms with Crippen LogP contribution >= 0.6 is 11.6 Å². The molecule has 202 valence electrons. The van der Waals surface area contributed by atoms with Gasteiger partial charge in [-0.05, 0) is 85.8 Å². The van der Waals surface area contributed by atoms with Gasteiger partial charge in [0.15, 0.2) is 0 Å². The van der Waals surface area contributed by atoms with E-state index in [1.807, 2.05) is 36.4 Å². The molecule has 0 unspecified atom stereocenters. The van der Waals surface area contributed by atoms with Gasteiger partial charge in [0, 0.05) is 29.7 Å². The lowest BCUT2D eigenvalue weighted by Crippen LogP contribution is -2.32. The minimum absolute atomic E-state index is 0.195. The van der Waals surface area contributed by atoms with Gasteiger partial charge in [-0.3, -0.25) is 9.13 Å². The first-order valence-electron chi connectivity index (χ1n) is 13.2. The zero-order valence-electron chi connectivity index (χ0n) is 21.4. The van der Waals surface area contributed by atoms with Crippen LogP contribution in [0.15, 0.2) is 75.9 Å². The monoisotopic (exact) mass is 556 g/mol. The molecule has 3 heterocycles. The third kappa shape index (κ3) is 4.04. The average molecular weight is 557 g/mol. The van der Waals surface area contributed by atoms with E-state index >= 15 is 0 Å². The second-order valence-electron chi connectivity index (χ2n) is 10.4. The number of benzene rings is 3. The Morgan fingerprint density at radius 3 is 2.48 bits per heavy atom. The highest BCUT2D eigenvalue weighted by Gasteiger charge is 2.49. The number of imidazole rings is 1. The summed E-state index contributed by atoms with van der Waals surface area (Å²) < 4.78 is 14.8. The van der Waals surface area contributed by atoms with E-state index in [2.05, 4.69) is 10.2 Å². The topological polar surface area (TPSA) is 112 Å². The Morgan fingerprint density at radius 2 is 1.75 bits per heavy atom. The number of nitrogens with zero attached hydrogens (tertiary/aromatic N) is 4. The minimum atomic E-state index is -1.000. The summed E-state index contributed by atoms with van der Waals surface area (Å²) in [7, 11) is 0. The van der Waals surface area contributed by atoms with Crippen molar-refractivity contribution in [3.63, 3.8) is 0 Å². The summed E-state index contributed by atoms with van der Waals surface area (Å²) in [5.74, 6) is 0.259. The Hall–Kier alpha value is -4.21. The van der Waals surface area contributed by atoms with Crippen molar-refractivity contribution in [3.05, 3.63) is 99.3 Å². The van der Waals surface area contributed by atoms with E-state index in [1.165, 1.54) is 0 Å². The van der Waals surface area contributed by atoms with Crippen molar-refractivity contribution in [2.45, 2.75) is 37.1 Å². The van der Waals surface area contributed by atoms with E-state index in [0.29, 0.717) is 41.2 Å². The quantitative estimate of drug-likeness (QED) is 0.288. The maximum absolute atomic E-state index is 14.1. The molecule has 0 bridgehead atoms. The summed E-state index contributed by atoms with van der Waals surface area (Å²) in [5.41, 5.74) is 2.98. The number of aromatic nitrogens is 4. The number of carbonyl (C=O) groups is 1. The fourth-order valence-electron chi connectivity index (χ4n) is 5.75. The van der Waals surface area contributed by atoms with E-state index in [4.69, 9.17) is 20.8 Å². The Morgan fingerprint density at radius 1 is 0.975 bits per heavy atom. The normalized spacial score (nSPS) is 16.8. The van der Waals surface area contributed by atoms with Gasteiger partial charge >= 0.3 is 11.7 Å². The standard InChI is InChI=1S/C30H25ClN4O5/c31-22-6-9-24-25(17-22)34(29(38)35(24)30(12-13-30)21-3-1-2-20(16-21)28(36)37)23-7-4-18(5-8-23)26-32-33-27(40-26)19-10-14-39-15-11-19/h1-9,16-17,19H,10-15H2,(H,36,37). The molecule has 1 aliphatic carbocycles. The van der Waals surface area contributed by atoms with Crippen LogP contribution < -0.4 is 5.69 Å². The van der Waals surface area contributed by atoms with Crippen molar-refractivity contribution < 1.29 is 19.1 Å². The predicted molar refractivity (Wildman–Crippen MR) is 148 cm³/mol. The number of ether oxygens (including phenoxy) is 1. The lowest BCUT2D eigenvalue weighted by Gasteiger charge is -2.18. The van der Waals surface area contributed by atoms with Crippen LogP contribution in [-0.4, -0.2) is 43.6 Å². The first-order valence-corrected chi connectivity index (χ1v) is 13.6. The number of hydrogen-bond donors (Lipinski definition) is 1. The SMILES string of the molecule is O=C(O)c1cccc(C2(n3c(=O)n(-c4ccc(-c5nnc(C6CCOCC6)o5)cc4)c4cc(Cl)ccc43)CC2)c1. The molecular formula is C30H25ClN4O5. The zero-order chi connectivity index (χ0) is 27.4. The fourth-order valence-corrected chi connectivity index (χ4v) is 5.92. The lowest BCUT2D eigenvalue weighted by atomic mass is 10.0. The Kier molecular flexibility index (Phi) is 5.87. The molecule has 40 heavy (non-hydrogen) atoms. The van der Waals surface area contributed by atoms with E-state index in [0.717, 1.165) is 42.3 Å². The number of aromatic carboxylic acids is 1. The van der Waals surface area contributed by atoms with Crippen LogP contribution in [0.4, 0.5) is 0 Å². The molecule has 2 aromatic heterocycles. The van der Waals surface area contributed by atoms with Gasteiger partial charge in [-0.2, -0.15) is 0 Å². The lowest BCUT2D eigenvalue weighted by molar-refractivity contribution is 0.0696. The molecule has 3 aromatic carbocycles. The summed E-state index contributed by atoms with van der Waals surface area (Å²) in [4.78, 5) is 25.8. The van der Waals surface area contributed by atoms with Gasteiger partial charge in [0.1, 0.15) is 0 Å². The summed E-state index contributed by atoms with van der Waals surface area (Å²) in [5, 5.41) is 18.6. The molecule has 0 radical (unpaired) electrons. The summed E-state index contributed by atoms with van der Waals surface area (Å²) in [6.07, 6.45) is 3.17. The Labute approximate surface area is 233 Å². The minimum Gasteiger partial charge on any atom is -0.478 e. The molecule has 0 spiro atoms. The smallest absolute Gasteiger partial charge is 0.335 e. The van der Waals surface area contributed by atoms with Crippen molar-refractivity contribution in [1.29, 1.82) is 0 Å². The molecule has 2 fully saturated rings. The molecular weight excluding hydrogens is 532 g/mol. The highest BCUT2D eigenvalue weighted by Crippen LogP contribution is 2.50. The van der Waals surface area contributed by atoms with Gasteiger partial charge in [0.05, 0.1) is 27.8 Å². The zero-order valence-corrected chi connectivity index (χ0v) is 22.2. The van der Waals surface area contributed by atoms with Gasteiger partial charge in [0.25, 0.3) is 0 Å². The van der Waals surface area contributed by atoms with Crippen LogP contribution in [-0.2, 0) is 10.3 Å². The summed E-state index contributed by atoms with van der Waals surface area (Å²) in [6.45, 7) is 1.38. The molecule has 5 aromatic rings. The highest BCUT2D eigenvalue weighted by molar-refractivity contribution is 6.31. The van der Waals surface area contributed by atoms with E-state index in [1.54, 1.807) is 39.5 Å². The van der Waals surface area contributed by atoms with Gasteiger partial charge in [-0.1, -0.05) is 23.7 Å². The molecule has 7 rings (SSSR count). The maximum Gasteiger partial charge on any atom is 0.335 e. The van der Waals surface area contributed by atoms with Gasteiger partial charge in [-0.15, -0.1) is 10.2 Å². The summed E-state index contributed by atoms with van der Waals surface area (Å²) in [6, 6.07) is 19.7. The number of halogens is 1. The molecule has 0 atom stereocenters. The highest BCUT2D eigenvalue weighted by atomic mass is 35.5. The third-order valence-corrected chi connectivity index (χ3v) is 8.22. The fraction of sp³-hybridized carbons (Fsp3) is 0.267. The maximum atomic E-state index is 14.1. The molecule has 9 nitrogen and oxygen atoms in total. The van der Waals surface area contributed by atoms with E-state index < -0.39 is 11.5 Å². The van der Waals surface area contributed by atoms with Gasteiger partial charge in [-0.25, -0.2) is 9.59 Å². The molecule has 1 N–H and O–H groups in total. The van der Waals surface area contributed by atoms with Crippen molar-refractivity contribution in [3.8, 4) is 17.1 Å². The van der Waals surface area contributed by atoms with Crippen LogP contribution in [0.5, 0.6) is 0 Å². The number of carboxylic acid groups (broad SMARTS) is 1. The van der Waals surface area contributed by atoms with Crippen LogP contribution in [0.25, 0.3) is 28.2 Å². The Balaban J connectivity index is 1.30. The first-order chi connectivity index (χ1) is 19.4. The van der Waals surface area contributed by atoms with Crippen molar-refractivity contribution in [2.24, 2.45) is 0 Å². The van der Waals surface area contributed by atoms with Crippen LogP contribution in [0.2, 0.25) is 5.02 Å². The Bertz CT molecular complexity index is 1810. The van der Waals surface area contributed by atoms with Crippen LogP contribution in [0.3, 0.4) is 0 Å². The van der Waals surface area contributed by atoms with Crippen LogP contribution in [0.1, 0.15) is 53.4 Å². The summed E-state index contributed by atoms with van der Waals surface area (Å²) >= 11 is 6.39. The second-order valence-corrected chi connectivity index (χ2v) is 10.8. The number of carboxylic acids is 1. The second kappa shape index (κ2) is 9.46. The molecule has 10 heteroatoms. The third-order valence-electron chi connectivity index (χ3n) is 7.98. The van der Waals surface area contributed by atoms with Crippen molar-refractivity contribution in [2.75, 3.05) is 13.2 Å². The molecule has 2 aliphatic rings. The first kappa shape index (κ1) is 24.8. The number of fused-ring (bicyclic) bond motifs is 1. The number of rotatable bonds is 6. The van der Waals surface area contributed by atoms with Crippen molar-refractivity contribution in [1.82, 2.24) is 19.3 Å². The predicted octanol–water partition coefficient (Wildman–Crippen LogP) is 5.63. The van der Waals surface area contributed by atoms with E-state index in [9.17, 15) is 14.7 Å². The molecule has 1 aliphatic heterocycles.